The number of nitrogens with zero attached hydrogens (tertiary/aromatic N) is 2. The summed E-state index contributed by atoms with van der Waals surface area (Å²) in [7, 11) is 0. The van der Waals surface area contributed by atoms with Crippen molar-refractivity contribution in [2.75, 3.05) is 6.26 Å². The van der Waals surface area contributed by atoms with Gasteiger partial charge < -0.3 is 9.72 Å². The van der Waals surface area contributed by atoms with E-state index in [9.17, 15) is 23.2 Å². The van der Waals surface area contributed by atoms with Gasteiger partial charge in [0.05, 0.1) is 5.69 Å². The third-order valence-electron chi connectivity index (χ3n) is 3.79. The smallest absolute Gasteiger partial charge is 0.270 e. The summed E-state index contributed by atoms with van der Waals surface area (Å²) in [5, 5.41) is 9.50. The van der Waals surface area contributed by atoms with E-state index in [0.717, 1.165) is 18.2 Å². The van der Waals surface area contributed by atoms with Gasteiger partial charge in [-0.2, -0.15) is 5.26 Å². The number of halogens is 3. The number of benzene rings is 2. The Hall–Kier alpha value is -3.25. The lowest BCUT2D eigenvalue weighted by Crippen LogP contribution is -2.14. The highest BCUT2D eigenvalue weighted by atomic mass is 32.2. The van der Waals surface area contributed by atoms with Crippen LogP contribution in [0.1, 0.15) is 11.1 Å². The molecule has 1 heterocycles. The fourth-order valence-corrected chi connectivity index (χ4v) is 2.79. The average molecular weight is 403 g/mol. The SMILES string of the molecule is CSc1nc(-c2ccc(OCc3ccc(F)c(F)c3)c(F)c2)c(C#N)c(=O)[nH]1. The Morgan fingerprint density at radius 2 is 1.93 bits per heavy atom. The van der Waals surface area contributed by atoms with Gasteiger partial charge in [0.25, 0.3) is 5.56 Å². The summed E-state index contributed by atoms with van der Waals surface area (Å²) in [6.45, 7) is -0.170. The molecule has 0 saturated carbocycles. The molecule has 0 aliphatic carbocycles. The fraction of sp³-hybridized carbons (Fsp3) is 0.105. The molecule has 142 valence electrons. The molecule has 1 aromatic heterocycles. The Bertz CT molecular complexity index is 1140. The van der Waals surface area contributed by atoms with Crippen molar-refractivity contribution in [3.63, 3.8) is 0 Å². The predicted molar refractivity (Wildman–Crippen MR) is 97.4 cm³/mol. The first-order valence-electron chi connectivity index (χ1n) is 7.88. The molecule has 3 aromatic rings. The van der Waals surface area contributed by atoms with Crippen LogP contribution < -0.4 is 10.3 Å². The molecule has 0 fully saturated rings. The summed E-state index contributed by atoms with van der Waals surface area (Å²) >= 11 is 1.17. The molecule has 5 nitrogen and oxygen atoms in total. The first kappa shape index (κ1) is 19.5. The van der Waals surface area contributed by atoms with E-state index in [1.54, 1.807) is 12.3 Å². The van der Waals surface area contributed by atoms with Crippen LogP contribution in [0.4, 0.5) is 13.2 Å². The Labute approximate surface area is 161 Å². The number of H-pyrrole nitrogens is 1. The number of aromatic nitrogens is 2. The van der Waals surface area contributed by atoms with E-state index in [1.807, 2.05) is 0 Å². The summed E-state index contributed by atoms with van der Waals surface area (Å²) in [6, 6.07) is 8.87. The van der Waals surface area contributed by atoms with Gasteiger partial charge in [-0.25, -0.2) is 18.2 Å². The van der Waals surface area contributed by atoms with Crippen LogP contribution in [0.25, 0.3) is 11.3 Å². The van der Waals surface area contributed by atoms with E-state index in [0.29, 0.717) is 5.56 Å². The predicted octanol–water partition coefficient (Wildman–Crippen LogP) is 4.03. The molecule has 2 aromatic carbocycles. The summed E-state index contributed by atoms with van der Waals surface area (Å²) in [4.78, 5) is 18.6. The number of thioether (sulfide) groups is 1. The first-order chi connectivity index (χ1) is 13.4. The highest BCUT2D eigenvalue weighted by Crippen LogP contribution is 2.27. The second-order valence-electron chi connectivity index (χ2n) is 5.59. The van der Waals surface area contributed by atoms with Crippen molar-refractivity contribution in [2.45, 2.75) is 11.8 Å². The molecule has 0 amide bonds. The van der Waals surface area contributed by atoms with Crippen LogP contribution in [0, 0.1) is 28.8 Å². The molecular weight excluding hydrogens is 391 g/mol. The minimum Gasteiger partial charge on any atom is -0.486 e. The van der Waals surface area contributed by atoms with Gasteiger partial charge in [-0.15, -0.1) is 0 Å². The maximum Gasteiger partial charge on any atom is 0.270 e. The third-order valence-corrected chi connectivity index (χ3v) is 4.37. The van der Waals surface area contributed by atoms with E-state index >= 15 is 0 Å². The van der Waals surface area contributed by atoms with Gasteiger partial charge in [-0.1, -0.05) is 17.8 Å². The molecule has 0 radical (unpaired) electrons. The molecule has 1 N–H and O–H groups in total. The van der Waals surface area contributed by atoms with Crippen molar-refractivity contribution in [3.05, 3.63) is 75.3 Å². The molecule has 0 saturated heterocycles. The molecule has 0 atom stereocenters. The minimum atomic E-state index is -1.02. The summed E-state index contributed by atoms with van der Waals surface area (Å²) in [6.07, 6.45) is 1.70. The summed E-state index contributed by atoms with van der Waals surface area (Å²) in [5.74, 6) is -2.88. The fourth-order valence-electron chi connectivity index (χ4n) is 2.42. The Balaban J connectivity index is 1.89. The zero-order valence-corrected chi connectivity index (χ0v) is 15.2. The van der Waals surface area contributed by atoms with Gasteiger partial charge in [0.1, 0.15) is 18.2 Å². The topological polar surface area (TPSA) is 78.8 Å². The van der Waals surface area contributed by atoms with E-state index < -0.39 is 23.0 Å². The van der Waals surface area contributed by atoms with Gasteiger partial charge >= 0.3 is 0 Å². The number of nitriles is 1. The normalized spacial score (nSPS) is 10.5. The zero-order valence-electron chi connectivity index (χ0n) is 14.4. The van der Waals surface area contributed by atoms with Gasteiger partial charge in [0, 0.05) is 5.56 Å². The van der Waals surface area contributed by atoms with Gasteiger partial charge in [0.15, 0.2) is 28.4 Å². The molecule has 0 aliphatic rings. The minimum absolute atomic E-state index is 0.0571. The molecule has 3 rings (SSSR count). The molecule has 0 aliphatic heterocycles. The van der Waals surface area contributed by atoms with Crippen LogP contribution in [-0.4, -0.2) is 16.2 Å². The van der Waals surface area contributed by atoms with Crippen molar-refractivity contribution in [1.29, 1.82) is 5.26 Å². The van der Waals surface area contributed by atoms with Crippen molar-refractivity contribution >= 4 is 11.8 Å². The average Bonchev–Trinajstić information content (AvgIpc) is 2.68. The van der Waals surface area contributed by atoms with Crippen LogP contribution in [-0.2, 0) is 6.61 Å². The highest BCUT2D eigenvalue weighted by molar-refractivity contribution is 7.98. The lowest BCUT2D eigenvalue weighted by molar-refractivity contribution is 0.289. The quantitative estimate of drug-likeness (QED) is 0.514. The monoisotopic (exact) mass is 403 g/mol. The third kappa shape index (κ3) is 4.02. The molecule has 9 heteroatoms. The second kappa shape index (κ2) is 8.19. The molecular formula is C19H12F3N3O2S. The second-order valence-corrected chi connectivity index (χ2v) is 6.39. The van der Waals surface area contributed by atoms with Crippen molar-refractivity contribution in [3.8, 4) is 23.1 Å². The Morgan fingerprint density at radius 3 is 2.57 bits per heavy atom. The lowest BCUT2D eigenvalue weighted by Gasteiger charge is -2.10. The lowest BCUT2D eigenvalue weighted by atomic mass is 10.1. The number of hydrogen-bond acceptors (Lipinski definition) is 5. The van der Waals surface area contributed by atoms with Crippen LogP contribution in [0.2, 0.25) is 0 Å². The Morgan fingerprint density at radius 1 is 1.14 bits per heavy atom. The molecule has 0 bridgehead atoms. The molecule has 0 unspecified atom stereocenters. The van der Waals surface area contributed by atoms with Crippen molar-refractivity contribution in [2.24, 2.45) is 0 Å². The van der Waals surface area contributed by atoms with Crippen LogP contribution in [0.3, 0.4) is 0 Å². The summed E-state index contributed by atoms with van der Waals surface area (Å²) in [5.41, 5.74) is -0.226. The van der Waals surface area contributed by atoms with Crippen molar-refractivity contribution in [1.82, 2.24) is 9.97 Å². The summed E-state index contributed by atoms with van der Waals surface area (Å²) < 4.78 is 45.9. The van der Waals surface area contributed by atoms with E-state index in [4.69, 9.17) is 4.74 Å². The van der Waals surface area contributed by atoms with Gasteiger partial charge in [0.2, 0.25) is 0 Å². The highest BCUT2D eigenvalue weighted by Gasteiger charge is 2.15. The number of nitrogens with one attached hydrogen (secondary N) is 1. The number of ether oxygens (including phenoxy) is 1. The first-order valence-corrected chi connectivity index (χ1v) is 9.10. The number of rotatable bonds is 5. The van der Waals surface area contributed by atoms with Crippen LogP contribution in [0.15, 0.2) is 46.3 Å². The number of hydrogen-bond donors (Lipinski definition) is 1. The van der Waals surface area contributed by atoms with Crippen LogP contribution in [0.5, 0.6) is 5.75 Å². The largest absolute Gasteiger partial charge is 0.486 e. The molecule has 0 spiro atoms. The van der Waals surface area contributed by atoms with E-state index in [2.05, 4.69) is 9.97 Å². The maximum absolute atomic E-state index is 14.4. The zero-order chi connectivity index (χ0) is 20.3. The van der Waals surface area contributed by atoms with E-state index in [-0.39, 0.29) is 34.3 Å². The van der Waals surface area contributed by atoms with Gasteiger partial charge in [-0.3, -0.25) is 4.79 Å². The molecule has 28 heavy (non-hydrogen) atoms. The Kier molecular flexibility index (Phi) is 5.70. The maximum atomic E-state index is 14.4. The van der Waals surface area contributed by atoms with E-state index in [1.165, 1.54) is 30.0 Å². The standard InChI is InChI=1S/C19H12F3N3O2S/c1-28-19-24-17(12(8-23)18(26)25-19)11-3-5-16(15(22)7-11)27-9-10-2-4-13(20)14(21)6-10/h2-7H,9H2,1H3,(H,24,25,26). The van der Waals surface area contributed by atoms with Crippen molar-refractivity contribution < 1.29 is 17.9 Å². The van der Waals surface area contributed by atoms with Gasteiger partial charge in [-0.05, 0) is 42.2 Å². The van der Waals surface area contributed by atoms with Crippen LogP contribution >= 0.6 is 11.8 Å². The number of aromatic amines is 1.